The fourth-order valence-corrected chi connectivity index (χ4v) is 3.96. The Hall–Kier alpha value is -3.45. The van der Waals surface area contributed by atoms with Gasteiger partial charge in [0.1, 0.15) is 16.6 Å². The molecule has 0 saturated carbocycles. The van der Waals surface area contributed by atoms with Gasteiger partial charge in [0, 0.05) is 16.6 Å². The number of pyridine rings is 1. The highest BCUT2D eigenvalue weighted by atomic mass is 32.1. The Kier molecular flexibility index (Phi) is 5.39. The highest BCUT2D eigenvalue weighted by Crippen LogP contribution is 2.37. The third-order valence-corrected chi connectivity index (χ3v) is 5.31. The number of thiophene rings is 1. The average molecular weight is 407 g/mol. The molecule has 29 heavy (non-hydrogen) atoms. The fraction of sp³-hybridized carbons (Fsp3) is 0.0909. The Bertz CT molecular complexity index is 1090. The molecule has 146 valence electrons. The molecule has 0 spiro atoms. The van der Waals surface area contributed by atoms with Crippen LogP contribution in [0.5, 0.6) is 0 Å². The monoisotopic (exact) mass is 407 g/mol. The Morgan fingerprint density at radius 3 is 2.66 bits per heavy atom. The molecule has 4 aromatic rings. The van der Waals surface area contributed by atoms with Gasteiger partial charge in [-0.1, -0.05) is 18.2 Å². The van der Waals surface area contributed by atoms with Crippen molar-refractivity contribution in [2.75, 3.05) is 10.6 Å². The molecule has 1 atom stereocenters. The van der Waals surface area contributed by atoms with Crippen molar-refractivity contribution < 1.29 is 13.6 Å². The summed E-state index contributed by atoms with van der Waals surface area (Å²) in [6, 6.07) is 16.8. The van der Waals surface area contributed by atoms with E-state index in [2.05, 4.69) is 15.6 Å². The highest BCUT2D eigenvalue weighted by molar-refractivity contribution is 7.16. The third kappa shape index (κ3) is 4.35. The SMILES string of the molecule is Cc1cc([C@H](Nc2ccccn2)c2ccc(F)cc2)c(NC(=O)c2ccco2)s1. The molecule has 0 radical (unpaired) electrons. The number of hydrogen-bond acceptors (Lipinski definition) is 5. The zero-order chi connectivity index (χ0) is 20.2. The average Bonchev–Trinajstić information content (AvgIpc) is 3.38. The van der Waals surface area contributed by atoms with Gasteiger partial charge in [0.25, 0.3) is 5.91 Å². The smallest absolute Gasteiger partial charge is 0.291 e. The summed E-state index contributed by atoms with van der Waals surface area (Å²) >= 11 is 1.47. The standard InChI is InChI=1S/C22H18FN3O2S/c1-14-13-17(22(29-14)26-21(27)18-5-4-12-28-18)20(15-7-9-16(23)10-8-15)25-19-6-2-3-11-24-19/h2-13,20H,1H3,(H,24,25)(H,26,27)/t20-/m1/s1. The van der Waals surface area contributed by atoms with E-state index in [-0.39, 0.29) is 23.5 Å². The quantitative estimate of drug-likeness (QED) is 0.434. The van der Waals surface area contributed by atoms with Crippen molar-refractivity contribution in [2.45, 2.75) is 13.0 Å². The van der Waals surface area contributed by atoms with Gasteiger partial charge in [-0.25, -0.2) is 9.37 Å². The van der Waals surface area contributed by atoms with Gasteiger partial charge in [-0.05, 0) is 55.0 Å². The molecule has 0 saturated heterocycles. The number of carbonyl (C=O) groups is 1. The molecule has 5 nitrogen and oxygen atoms in total. The van der Waals surface area contributed by atoms with Crippen molar-refractivity contribution in [2.24, 2.45) is 0 Å². The Morgan fingerprint density at radius 1 is 1.14 bits per heavy atom. The van der Waals surface area contributed by atoms with E-state index in [0.717, 1.165) is 16.0 Å². The van der Waals surface area contributed by atoms with E-state index in [4.69, 9.17) is 4.42 Å². The van der Waals surface area contributed by atoms with Gasteiger partial charge in [-0.3, -0.25) is 4.79 Å². The number of anilines is 2. The Balaban J connectivity index is 1.72. The lowest BCUT2D eigenvalue weighted by Crippen LogP contribution is -2.16. The minimum absolute atomic E-state index is 0.234. The number of aromatic nitrogens is 1. The van der Waals surface area contributed by atoms with Crippen LogP contribution in [0, 0.1) is 12.7 Å². The number of furan rings is 1. The van der Waals surface area contributed by atoms with Crippen LogP contribution in [0.15, 0.2) is 77.5 Å². The molecule has 7 heteroatoms. The van der Waals surface area contributed by atoms with Crippen LogP contribution in [0.1, 0.15) is 32.6 Å². The van der Waals surface area contributed by atoms with Crippen LogP contribution >= 0.6 is 11.3 Å². The van der Waals surface area contributed by atoms with Gasteiger partial charge in [-0.2, -0.15) is 0 Å². The van der Waals surface area contributed by atoms with Crippen LogP contribution in [-0.4, -0.2) is 10.9 Å². The van der Waals surface area contributed by atoms with E-state index in [1.165, 1.54) is 29.7 Å². The van der Waals surface area contributed by atoms with Gasteiger partial charge < -0.3 is 15.1 Å². The first-order chi connectivity index (χ1) is 14.1. The summed E-state index contributed by atoms with van der Waals surface area (Å²) in [7, 11) is 0. The third-order valence-electron chi connectivity index (χ3n) is 4.33. The number of rotatable bonds is 6. The van der Waals surface area contributed by atoms with Crippen LogP contribution < -0.4 is 10.6 Å². The van der Waals surface area contributed by atoms with E-state index >= 15 is 0 Å². The lowest BCUT2D eigenvalue weighted by atomic mass is 10.00. The maximum Gasteiger partial charge on any atom is 0.291 e. The molecule has 1 amide bonds. The minimum Gasteiger partial charge on any atom is -0.459 e. The zero-order valence-electron chi connectivity index (χ0n) is 15.6. The second kappa shape index (κ2) is 8.28. The van der Waals surface area contributed by atoms with Crippen molar-refractivity contribution in [3.8, 4) is 0 Å². The van der Waals surface area contributed by atoms with E-state index in [0.29, 0.717) is 10.8 Å². The molecule has 0 aliphatic heterocycles. The summed E-state index contributed by atoms with van der Waals surface area (Å²) in [5, 5.41) is 7.02. The number of amides is 1. The molecule has 3 aromatic heterocycles. The molecule has 1 aromatic carbocycles. The van der Waals surface area contributed by atoms with Crippen LogP contribution in [0.4, 0.5) is 15.2 Å². The summed E-state index contributed by atoms with van der Waals surface area (Å²) in [5.41, 5.74) is 1.72. The van der Waals surface area contributed by atoms with Crippen LogP contribution in [0.25, 0.3) is 0 Å². The number of carbonyl (C=O) groups excluding carboxylic acids is 1. The van der Waals surface area contributed by atoms with Crippen molar-refractivity contribution in [1.29, 1.82) is 0 Å². The zero-order valence-corrected chi connectivity index (χ0v) is 16.4. The number of nitrogens with one attached hydrogen (secondary N) is 2. The van der Waals surface area contributed by atoms with Crippen LogP contribution in [0.3, 0.4) is 0 Å². The maximum absolute atomic E-state index is 13.5. The summed E-state index contributed by atoms with van der Waals surface area (Å²) < 4.78 is 18.7. The predicted octanol–water partition coefficient (Wildman–Crippen LogP) is 5.64. The molecule has 2 N–H and O–H groups in total. The molecule has 4 rings (SSSR count). The molecule has 3 heterocycles. The van der Waals surface area contributed by atoms with Crippen molar-refractivity contribution in [1.82, 2.24) is 4.98 Å². The van der Waals surface area contributed by atoms with E-state index in [1.807, 2.05) is 31.2 Å². The number of hydrogen-bond donors (Lipinski definition) is 2. The second-order valence-electron chi connectivity index (χ2n) is 6.42. The van der Waals surface area contributed by atoms with Gasteiger partial charge in [0.05, 0.1) is 12.3 Å². The second-order valence-corrected chi connectivity index (χ2v) is 7.67. The molecule has 0 unspecified atom stereocenters. The molecule has 0 aliphatic rings. The largest absolute Gasteiger partial charge is 0.459 e. The first kappa shape index (κ1) is 18.9. The van der Waals surface area contributed by atoms with Crippen molar-refractivity contribution in [3.63, 3.8) is 0 Å². The van der Waals surface area contributed by atoms with E-state index in [1.54, 1.807) is 30.5 Å². The number of aryl methyl sites for hydroxylation is 1. The van der Waals surface area contributed by atoms with Gasteiger partial charge >= 0.3 is 0 Å². The lowest BCUT2D eigenvalue weighted by Gasteiger charge is -2.21. The summed E-state index contributed by atoms with van der Waals surface area (Å²) in [6.45, 7) is 1.97. The summed E-state index contributed by atoms with van der Waals surface area (Å²) in [6.07, 6.45) is 3.15. The van der Waals surface area contributed by atoms with Crippen molar-refractivity contribution in [3.05, 3.63) is 101 Å². The number of nitrogens with zero attached hydrogens (tertiary/aromatic N) is 1. The van der Waals surface area contributed by atoms with Gasteiger partial charge in [-0.15, -0.1) is 11.3 Å². The molecular weight excluding hydrogens is 389 g/mol. The Labute approximate surface area is 171 Å². The molecule has 0 fully saturated rings. The van der Waals surface area contributed by atoms with Crippen LogP contribution in [-0.2, 0) is 0 Å². The minimum atomic E-state index is -0.331. The predicted molar refractivity (Wildman–Crippen MR) is 112 cm³/mol. The first-order valence-corrected chi connectivity index (χ1v) is 9.80. The summed E-state index contributed by atoms with van der Waals surface area (Å²) in [5.74, 6) is 0.277. The Morgan fingerprint density at radius 2 is 1.97 bits per heavy atom. The normalized spacial score (nSPS) is 11.8. The topological polar surface area (TPSA) is 67.2 Å². The lowest BCUT2D eigenvalue weighted by molar-refractivity contribution is 0.0997. The molecule has 0 bridgehead atoms. The van der Waals surface area contributed by atoms with Gasteiger partial charge in [0.15, 0.2) is 5.76 Å². The molecule has 0 aliphatic carbocycles. The van der Waals surface area contributed by atoms with E-state index < -0.39 is 0 Å². The highest BCUT2D eigenvalue weighted by Gasteiger charge is 2.22. The van der Waals surface area contributed by atoms with E-state index in [9.17, 15) is 9.18 Å². The molecular formula is C22H18FN3O2S. The maximum atomic E-state index is 13.5. The fourth-order valence-electron chi connectivity index (χ4n) is 3.01. The van der Waals surface area contributed by atoms with Crippen molar-refractivity contribution >= 4 is 28.1 Å². The first-order valence-electron chi connectivity index (χ1n) is 8.98. The van der Waals surface area contributed by atoms with Gasteiger partial charge in [0.2, 0.25) is 0 Å². The summed E-state index contributed by atoms with van der Waals surface area (Å²) in [4.78, 5) is 17.9. The number of halogens is 1. The van der Waals surface area contributed by atoms with Crippen LogP contribution in [0.2, 0.25) is 0 Å². The number of benzene rings is 1.